The average molecular weight is 529 g/mol. The smallest absolute Gasteiger partial charge is 0.352 e. The van der Waals surface area contributed by atoms with Crippen LogP contribution in [0.1, 0.15) is 60.9 Å². The van der Waals surface area contributed by atoms with Gasteiger partial charge in [-0.1, -0.05) is 6.07 Å². The highest BCUT2D eigenvalue weighted by atomic mass is 32.2. The Labute approximate surface area is 208 Å². The van der Waals surface area contributed by atoms with Crippen molar-refractivity contribution < 1.29 is 31.2 Å². The summed E-state index contributed by atoms with van der Waals surface area (Å²) in [6.07, 6.45) is 0.731. The summed E-state index contributed by atoms with van der Waals surface area (Å²) in [5, 5.41) is 4.61. The maximum atomic E-state index is 12.9. The summed E-state index contributed by atoms with van der Waals surface area (Å²) in [7, 11) is -3.38. The SMILES string of the molecule is Cc1nccn1[C@@H]1CC[C@H](NC(=O)CNC(=O)c2cccc(C(F)(F)F)c2)[C@@H](CS(=O)(=O)C(C)C)C1. The lowest BCUT2D eigenvalue weighted by Crippen LogP contribution is -2.49. The van der Waals surface area contributed by atoms with Crippen LogP contribution in [0.2, 0.25) is 0 Å². The fourth-order valence-electron chi connectivity index (χ4n) is 4.49. The van der Waals surface area contributed by atoms with Crippen LogP contribution in [0.15, 0.2) is 36.7 Å². The van der Waals surface area contributed by atoms with E-state index in [2.05, 4.69) is 15.6 Å². The fourth-order valence-corrected chi connectivity index (χ4v) is 5.84. The van der Waals surface area contributed by atoms with Crippen LogP contribution in [0.5, 0.6) is 0 Å². The topological polar surface area (TPSA) is 110 Å². The maximum Gasteiger partial charge on any atom is 0.416 e. The number of hydrogen-bond acceptors (Lipinski definition) is 5. The van der Waals surface area contributed by atoms with Gasteiger partial charge in [0.05, 0.1) is 23.1 Å². The Balaban J connectivity index is 1.65. The second kappa shape index (κ2) is 11.0. The second-order valence-corrected chi connectivity index (χ2v) is 12.0. The molecule has 3 atom stereocenters. The molecule has 1 aromatic heterocycles. The highest BCUT2D eigenvalue weighted by Crippen LogP contribution is 2.35. The van der Waals surface area contributed by atoms with Crippen LogP contribution in [0.3, 0.4) is 0 Å². The van der Waals surface area contributed by atoms with Gasteiger partial charge in [-0.3, -0.25) is 9.59 Å². The van der Waals surface area contributed by atoms with Crippen molar-refractivity contribution in [2.75, 3.05) is 12.3 Å². The van der Waals surface area contributed by atoms with Gasteiger partial charge in [0.15, 0.2) is 9.84 Å². The van der Waals surface area contributed by atoms with Gasteiger partial charge in [0, 0.05) is 30.0 Å². The van der Waals surface area contributed by atoms with E-state index in [1.165, 1.54) is 6.07 Å². The molecule has 1 saturated carbocycles. The van der Waals surface area contributed by atoms with Crippen molar-refractivity contribution in [2.24, 2.45) is 5.92 Å². The van der Waals surface area contributed by atoms with Crippen LogP contribution < -0.4 is 10.6 Å². The molecule has 8 nitrogen and oxygen atoms in total. The predicted molar refractivity (Wildman–Crippen MR) is 128 cm³/mol. The summed E-state index contributed by atoms with van der Waals surface area (Å²) in [6.45, 7) is 4.67. The van der Waals surface area contributed by atoms with Gasteiger partial charge in [0.1, 0.15) is 5.82 Å². The number of carbonyl (C=O) groups excluding carboxylic acids is 2. The molecular formula is C24H31F3N4O4S. The lowest BCUT2D eigenvalue weighted by molar-refractivity contribution is -0.137. The molecule has 1 aliphatic carbocycles. The largest absolute Gasteiger partial charge is 0.416 e. The number of alkyl halides is 3. The van der Waals surface area contributed by atoms with E-state index in [-0.39, 0.29) is 23.3 Å². The number of halogens is 3. The van der Waals surface area contributed by atoms with Crippen LogP contribution in [0.4, 0.5) is 13.2 Å². The van der Waals surface area contributed by atoms with Crippen molar-refractivity contribution in [3.05, 3.63) is 53.6 Å². The molecule has 1 aromatic carbocycles. The molecule has 2 aromatic rings. The van der Waals surface area contributed by atoms with Gasteiger partial charge >= 0.3 is 6.18 Å². The van der Waals surface area contributed by atoms with Crippen molar-refractivity contribution in [3.8, 4) is 0 Å². The Morgan fingerprint density at radius 3 is 2.56 bits per heavy atom. The second-order valence-electron chi connectivity index (χ2n) is 9.42. The van der Waals surface area contributed by atoms with Crippen molar-refractivity contribution in [1.82, 2.24) is 20.2 Å². The number of nitrogens with zero attached hydrogens (tertiary/aromatic N) is 2. The van der Waals surface area contributed by atoms with Gasteiger partial charge in [-0.2, -0.15) is 13.2 Å². The van der Waals surface area contributed by atoms with Crippen LogP contribution >= 0.6 is 0 Å². The third-order valence-corrected chi connectivity index (χ3v) is 8.91. The molecule has 198 valence electrons. The quantitative estimate of drug-likeness (QED) is 0.547. The lowest BCUT2D eigenvalue weighted by Gasteiger charge is -2.37. The molecule has 1 fully saturated rings. The number of benzene rings is 1. The molecule has 1 aliphatic rings. The fraction of sp³-hybridized carbons (Fsp3) is 0.542. The number of hydrogen-bond donors (Lipinski definition) is 2. The van der Waals surface area contributed by atoms with Crippen LogP contribution in [0, 0.1) is 12.8 Å². The van der Waals surface area contributed by atoms with Gasteiger partial charge in [-0.05, 0) is 64.2 Å². The molecule has 36 heavy (non-hydrogen) atoms. The Hall–Kier alpha value is -2.89. The van der Waals surface area contributed by atoms with E-state index < -0.39 is 51.2 Å². The van der Waals surface area contributed by atoms with E-state index in [0.29, 0.717) is 19.3 Å². The molecule has 0 saturated heterocycles. The molecule has 2 amide bonds. The highest BCUT2D eigenvalue weighted by molar-refractivity contribution is 7.91. The highest BCUT2D eigenvalue weighted by Gasteiger charge is 2.36. The first-order valence-corrected chi connectivity index (χ1v) is 13.4. The summed E-state index contributed by atoms with van der Waals surface area (Å²) in [5.41, 5.74) is -1.17. The molecule has 0 spiro atoms. The number of rotatable bonds is 8. The minimum absolute atomic E-state index is 0.0497. The van der Waals surface area contributed by atoms with Gasteiger partial charge in [0.25, 0.3) is 5.91 Å². The molecule has 0 unspecified atom stereocenters. The van der Waals surface area contributed by atoms with E-state index in [1.807, 2.05) is 17.7 Å². The third-order valence-electron chi connectivity index (χ3n) is 6.58. The monoisotopic (exact) mass is 528 g/mol. The summed E-state index contributed by atoms with van der Waals surface area (Å²) < 4.78 is 66.1. The standard InChI is InChI=1S/C24H31F3N4O4S/c1-15(2)36(34,35)14-18-12-20(31-10-9-28-16(31)3)7-8-21(18)30-22(32)13-29-23(33)17-5-4-6-19(11-17)24(25,26)27/h4-6,9-11,15,18,20-21H,7-8,12-14H2,1-3H3,(H,29,33)(H,30,32)/t18-,20-,21+/m1/s1. The van der Waals surface area contributed by atoms with E-state index in [9.17, 15) is 31.2 Å². The summed E-state index contributed by atoms with van der Waals surface area (Å²) in [5.74, 6) is -0.957. The normalized spacial score (nSPS) is 20.8. The van der Waals surface area contributed by atoms with Gasteiger partial charge in [0.2, 0.25) is 5.91 Å². The molecule has 3 rings (SSSR count). The number of aryl methyl sites for hydroxylation is 1. The molecule has 0 radical (unpaired) electrons. The first-order valence-electron chi connectivity index (χ1n) is 11.7. The molecule has 2 N–H and O–H groups in total. The summed E-state index contributed by atoms with van der Waals surface area (Å²) >= 11 is 0. The maximum absolute atomic E-state index is 12.9. The molecule has 0 bridgehead atoms. The number of sulfone groups is 1. The predicted octanol–water partition coefficient (Wildman–Crippen LogP) is 3.29. The third kappa shape index (κ3) is 6.86. The van der Waals surface area contributed by atoms with Gasteiger partial charge < -0.3 is 15.2 Å². The number of aromatic nitrogens is 2. The van der Waals surface area contributed by atoms with Crippen LogP contribution in [0.25, 0.3) is 0 Å². The minimum atomic E-state index is -4.59. The van der Waals surface area contributed by atoms with Crippen molar-refractivity contribution in [1.29, 1.82) is 0 Å². The van der Waals surface area contributed by atoms with E-state index in [0.717, 1.165) is 24.0 Å². The van der Waals surface area contributed by atoms with Crippen LogP contribution in [-0.4, -0.2) is 53.4 Å². The lowest BCUT2D eigenvalue weighted by atomic mass is 9.82. The first kappa shape index (κ1) is 27.7. The zero-order chi connectivity index (χ0) is 26.7. The summed E-state index contributed by atoms with van der Waals surface area (Å²) in [6, 6.07) is 3.56. The van der Waals surface area contributed by atoms with E-state index >= 15 is 0 Å². The molecule has 12 heteroatoms. The zero-order valence-electron chi connectivity index (χ0n) is 20.4. The average Bonchev–Trinajstić information content (AvgIpc) is 3.23. The Morgan fingerprint density at radius 1 is 1.22 bits per heavy atom. The Bertz CT molecular complexity index is 1190. The van der Waals surface area contributed by atoms with Crippen molar-refractivity contribution in [3.63, 3.8) is 0 Å². The van der Waals surface area contributed by atoms with Crippen molar-refractivity contribution >= 4 is 21.7 Å². The van der Waals surface area contributed by atoms with Gasteiger partial charge in [-0.15, -0.1) is 0 Å². The Kier molecular flexibility index (Phi) is 8.48. The van der Waals surface area contributed by atoms with E-state index in [4.69, 9.17) is 0 Å². The number of amides is 2. The number of imidazole rings is 1. The number of nitrogens with one attached hydrogen (secondary N) is 2. The zero-order valence-corrected chi connectivity index (χ0v) is 21.2. The molecule has 1 heterocycles. The minimum Gasteiger partial charge on any atom is -0.352 e. The first-order chi connectivity index (χ1) is 16.8. The van der Waals surface area contributed by atoms with Crippen molar-refractivity contribution in [2.45, 2.75) is 63.5 Å². The Morgan fingerprint density at radius 2 is 1.94 bits per heavy atom. The molecule has 0 aliphatic heterocycles. The number of carbonyl (C=O) groups is 2. The summed E-state index contributed by atoms with van der Waals surface area (Å²) in [4.78, 5) is 29.2. The molecular weight excluding hydrogens is 497 g/mol. The van der Waals surface area contributed by atoms with E-state index in [1.54, 1.807) is 20.0 Å². The van der Waals surface area contributed by atoms with Crippen LogP contribution in [-0.2, 0) is 20.8 Å². The van der Waals surface area contributed by atoms with Gasteiger partial charge in [-0.25, -0.2) is 13.4 Å².